The molecule has 1 amide bonds. The first-order chi connectivity index (χ1) is 2.77. The van der Waals surface area contributed by atoms with E-state index in [9.17, 15) is 4.79 Å². The monoisotopic (exact) mass is 83.1 g/mol. The van der Waals surface area contributed by atoms with Gasteiger partial charge in [-0.15, -0.1) is 0 Å². The number of amides is 1. The fraction of sp³-hybridized carbons (Fsp3) is 0.667. The highest BCUT2D eigenvalue weighted by atomic mass is 16.1. The topological polar surface area (TPSA) is 29.1 Å². The Balaban J connectivity index is 2.83. The highest BCUT2D eigenvalue weighted by Crippen LogP contribution is 1.53. The molecule has 6 heavy (non-hydrogen) atoms. The van der Waals surface area contributed by atoms with Crippen molar-refractivity contribution in [2.75, 3.05) is 6.54 Å². The number of nitrogens with one attached hydrogen (secondary N) is 1. The van der Waals surface area contributed by atoms with Gasteiger partial charge in [0.05, 0.1) is 0 Å². The molecule has 0 fully saturated rings. The molecule has 0 bridgehead atoms. The summed E-state index contributed by atoms with van der Waals surface area (Å²) in [6, 6.07) is 0. The predicted octanol–water partition coefficient (Wildman–Crippen LogP) is -0.116. The Morgan fingerprint density at radius 3 is 2.50 bits per heavy atom. The van der Waals surface area contributed by atoms with Crippen LogP contribution in [0.2, 0.25) is 0 Å². The van der Waals surface area contributed by atoms with Gasteiger partial charge in [0.15, 0.2) is 13.7 Å². The van der Waals surface area contributed by atoms with Crippen molar-refractivity contribution >= 4 is 13.7 Å². The van der Waals surface area contributed by atoms with Crippen LogP contribution < -0.4 is 5.32 Å². The second-order valence-electron chi connectivity index (χ2n) is 0.895. The number of rotatable bonds is 1. The van der Waals surface area contributed by atoms with Gasteiger partial charge in [-0.05, 0) is 6.92 Å². The van der Waals surface area contributed by atoms with Crippen LogP contribution in [0.15, 0.2) is 0 Å². The molecule has 2 nitrogen and oxygen atoms in total. The second-order valence-corrected chi connectivity index (χ2v) is 0.895. The Morgan fingerprint density at radius 2 is 2.50 bits per heavy atom. The van der Waals surface area contributed by atoms with Gasteiger partial charge in [-0.1, -0.05) is 0 Å². The Hall–Kier alpha value is -0.465. The van der Waals surface area contributed by atoms with E-state index in [1.165, 1.54) is 0 Å². The van der Waals surface area contributed by atoms with Gasteiger partial charge >= 0.3 is 0 Å². The normalized spacial score (nSPS) is 7.50. The van der Waals surface area contributed by atoms with Crippen LogP contribution in [0.4, 0.5) is 4.79 Å². The Bertz CT molecular complexity index is 54.8. The van der Waals surface area contributed by atoms with Crippen molar-refractivity contribution in [3.8, 4) is 0 Å². The summed E-state index contributed by atoms with van der Waals surface area (Å²) in [5.41, 5.74) is 0. The fourth-order valence-corrected chi connectivity index (χ4v) is 0.174. The maximum Gasteiger partial charge on any atom is 0.200 e. The number of carbonyl (C=O) groups excluding carboxylic acids is 1. The zero-order chi connectivity index (χ0) is 4.99. The summed E-state index contributed by atoms with van der Waals surface area (Å²) in [7, 11) is 4.65. The van der Waals surface area contributed by atoms with Crippen LogP contribution in [-0.4, -0.2) is 20.2 Å². The standard InChI is InChI=1S/C3H6BNO/c1-2-5-3(4)6/h2H2,1H3,(H,5,6). The third kappa shape index (κ3) is 3.53. The van der Waals surface area contributed by atoms with Crippen molar-refractivity contribution in [1.82, 2.24) is 5.32 Å². The van der Waals surface area contributed by atoms with E-state index < -0.39 is 5.81 Å². The largest absolute Gasteiger partial charge is 0.366 e. The van der Waals surface area contributed by atoms with E-state index in [2.05, 4.69) is 13.2 Å². The van der Waals surface area contributed by atoms with Gasteiger partial charge in [0, 0.05) is 6.54 Å². The van der Waals surface area contributed by atoms with Crippen LogP contribution in [0.1, 0.15) is 6.92 Å². The predicted molar refractivity (Wildman–Crippen MR) is 24.8 cm³/mol. The quantitative estimate of drug-likeness (QED) is 0.440. The first kappa shape index (κ1) is 5.53. The minimum absolute atomic E-state index is 0.461. The number of hydrogen-bond donors (Lipinski definition) is 1. The lowest BCUT2D eigenvalue weighted by Gasteiger charge is -1.89. The van der Waals surface area contributed by atoms with Crippen molar-refractivity contribution < 1.29 is 4.79 Å². The van der Waals surface area contributed by atoms with Gasteiger partial charge in [0.2, 0.25) is 0 Å². The molecular weight excluding hydrogens is 76.9 g/mol. The van der Waals surface area contributed by atoms with Gasteiger partial charge in [-0.3, -0.25) is 4.79 Å². The molecule has 0 atom stereocenters. The lowest BCUT2D eigenvalue weighted by atomic mass is 10.1. The van der Waals surface area contributed by atoms with E-state index in [4.69, 9.17) is 0 Å². The second kappa shape index (κ2) is 2.76. The molecule has 3 heteroatoms. The van der Waals surface area contributed by atoms with E-state index in [1.807, 2.05) is 6.92 Å². The van der Waals surface area contributed by atoms with Gasteiger partial charge < -0.3 is 5.32 Å². The minimum Gasteiger partial charge on any atom is -0.366 e. The molecular formula is C3H6BNO. The lowest BCUT2D eigenvalue weighted by molar-refractivity contribution is 0.260. The van der Waals surface area contributed by atoms with Crippen LogP contribution >= 0.6 is 0 Å². The summed E-state index contributed by atoms with van der Waals surface area (Å²) >= 11 is 0. The summed E-state index contributed by atoms with van der Waals surface area (Å²) in [5, 5.41) is 2.35. The molecule has 0 aromatic heterocycles. The van der Waals surface area contributed by atoms with Crippen molar-refractivity contribution in [1.29, 1.82) is 0 Å². The molecule has 0 aliphatic heterocycles. The van der Waals surface area contributed by atoms with E-state index in [1.54, 1.807) is 0 Å². The summed E-state index contributed by atoms with van der Waals surface area (Å²) in [6.07, 6.45) is 0. The van der Waals surface area contributed by atoms with Crippen molar-refractivity contribution in [2.24, 2.45) is 0 Å². The maximum absolute atomic E-state index is 9.71. The maximum atomic E-state index is 9.71. The third-order valence-corrected chi connectivity index (χ3v) is 0.351. The van der Waals surface area contributed by atoms with Gasteiger partial charge in [-0.25, -0.2) is 0 Å². The highest BCUT2D eigenvalue weighted by molar-refractivity contribution is 6.57. The molecule has 0 spiro atoms. The van der Waals surface area contributed by atoms with E-state index in [-0.39, 0.29) is 0 Å². The molecule has 0 aliphatic rings. The smallest absolute Gasteiger partial charge is 0.200 e. The fourth-order valence-electron chi connectivity index (χ4n) is 0.174. The summed E-state index contributed by atoms with van der Waals surface area (Å²) < 4.78 is 0. The molecule has 1 N–H and O–H groups in total. The van der Waals surface area contributed by atoms with Crippen LogP contribution in [0.25, 0.3) is 0 Å². The highest BCUT2D eigenvalue weighted by Gasteiger charge is 1.78. The van der Waals surface area contributed by atoms with Crippen molar-refractivity contribution in [2.45, 2.75) is 6.92 Å². The molecule has 0 rings (SSSR count). The molecule has 0 unspecified atom stereocenters. The summed E-state index contributed by atoms with van der Waals surface area (Å²) in [4.78, 5) is 9.71. The van der Waals surface area contributed by atoms with E-state index >= 15 is 0 Å². The van der Waals surface area contributed by atoms with E-state index in [0.717, 1.165) is 0 Å². The number of hydrogen-bond acceptors (Lipinski definition) is 1. The average Bonchev–Trinajstić information content (AvgIpc) is 1.35. The molecule has 0 aliphatic carbocycles. The van der Waals surface area contributed by atoms with Crippen LogP contribution in [-0.2, 0) is 0 Å². The zero-order valence-electron chi connectivity index (χ0n) is 3.69. The summed E-state index contributed by atoms with van der Waals surface area (Å²) in [5.74, 6) is -0.461. The third-order valence-electron chi connectivity index (χ3n) is 0.351. The van der Waals surface area contributed by atoms with Crippen molar-refractivity contribution in [3.05, 3.63) is 0 Å². The summed E-state index contributed by atoms with van der Waals surface area (Å²) in [6.45, 7) is 2.42. The molecule has 0 aromatic rings. The lowest BCUT2D eigenvalue weighted by Crippen LogP contribution is -2.20. The first-order valence-corrected chi connectivity index (χ1v) is 1.80. The van der Waals surface area contributed by atoms with Crippen LogP contribution in [0, 0.1) is 0 Å². The minimum atomic E-state index is -0.461. The van der Waals surface area contributed by atoms with Crippen LogP contribution in [0.3, 0.4) is 0 Å². The first-order valence-electron chi connectivity index (χ1n) is 1.80. The molecule has 0 saturated carbocycles. The molecule has 0 heterocycles. The number of carbonyl (C=O) groups is 1. The van der Waals surface area contributed by atoms with Gasteiger partial charge in [0.25, 0.3) is 0 Å². The molecule has 32 valence electrons. The Labute approximate surface area is 38.3 Å². The average molecular weight is 82.9 g/mol. The molecule has 2 radical (unpaired) electrons. The van der Waals surface area contributed by atoms with Gasteiger partial charge in [-0.2, -0.15) is 0 Å². The zero-order valence-corrected chi connectivity index (χ0v) is 3.69. The van der Waals surface area contributed by atoms with Crippen LogP contribution in [0.5, 0.6) is 0 Å². The molecule has 0 aromatic carbocycles. The van der Waals surface area contributed by atoms with Gasteiger partial charge in [0.1, 0.15) is 0 Å². The molecule has 0 saturated heterocycles. The van der Waals surface area contributed by atoms with Crippen molar-refractivity contribution in [3.63, 3.8) is 0 Å². The Morgan fingerprint density at radius 1 is 2.00 bits per heavy atom. The Kier molecular flexibility index (Phi) is 2.54. The van der Waals surface area contributed by atoms with E-state index in [0.29, 0.717) is 6.54 Å². The SMILES string of the molecule is [B]C(=O)NCC.